The number of carbonyl (C=O) groups is 1. The van der Waals surface area contributed by atoms with Gasteiger partial charge in [0.2, 0.25) is 6.79 Å². The number of nitrogens with one attached hydrogen (secondary N) is 1. The van der Waals surface area contributed by atoms with Gasteiger partial charge in [0.1, 0.15) is 5.60 Å². The third kappa shape index (κ3) is 5.60. The molecule has 0 aromatic heterocycles. The van der Waals surface area contributed by atoms with Gasteiger partial charge in [-0.05, 0) is 50.9 Å². The first-order chi connectivity index (χ1) is 11.2. The van der Waals surface area contributed by atoms with Crippen molar-refractivity contribution in [2.45, 2.75) is 39.8 Å². The standard InChI is InChI=1S/C18H28N2O4/c1-13(11-20(5)17(21)24-18(2,3)4)9-19-10-14-6-7-15-16(8-14)23-12-22-15/h6-8,13,19H,9-12H2,1-5H3. The number of rotatable bonds is 6. The van der Waals surface area contributed by atoms with Crippen molar-refractivity contribution in [1.29, 1.82) is 0 Å². The van der Waals surface area contributed by atoms with Gasteiger partial charge in [-0.1, -0.05) is 13.0 Å². The van der Waals surface area contributed by atoms with E-state index in [9.17, 15) is 4.79 Å². The van der Waals surface area contributed by atoms with Gasteiger partial charge >= 0.3 is 6.09 Å². The number of fused-ring (bicyclic) bond motifs is 1. The molecule has 0 radical (unpaired) electrons. The zero-order valence-corrected chi connectivity index (χ0v) is 15.2. The average molecular weight is 336 g/mol. The molecule has 6 heteroatoms. The fraction of sp³-hybridized carbons (Fsp3) is 0.611. The van der Waals surface area contributed by atoms with E-state index in [-0.39, 0.29) is 6.09 Å². The van der Waals surface area contributed by atoms with Gasteiger partial charge in [-0.3, -0.25) is 0 Å². The average Bonchev–Trinajstić information content (AvgIpc) is 2.92. The Bertz CT molecular complexity index is 569. The van der Waals surface area contributed by atoms with Crippen LogP contribution in [0, 0.1) is 5.92 Å². The minimum Gasteiger partial charge on any atom is -0.454 e. The van der Waals surface area contributed by atoms with Crippen molar-refractivity contribution in [3.8, 4) is 11.5 Å². The Hall–Kier alpha value is -1.95. The van der Waals surface area contributed by atoms with Crippen molar-refractivity contribution in [1.82, 2.24) is 10.2 Å². The molecule has 1 aliphatic heterocycles. The number of amides is 1. The third-order valence-corrected chi connectivity index (χ3v) is 3.55. The first-order valence-corrected chi connectivity index (χ1v) is 8.28. The molecule has 1 heterocycles. The summed E-state index contributed by atoms with van der Waals surface area (Å²) in [7, 11) is 1.77. The second kappa shape index (κ2) is 7.75. The maximum Gasteiger partial charge on any atom is 0.410 e. The van der Waals surface area contributed by atoms with Crippen molar-refractivity contribution in [3.05, 3.63) is 23.8 Å². The Labute approximate surface area is 144 Å². The van der Waals surface area contributed by atoms with Gasteiger partial charge < -0.3 is 24.4 Å². The molecular formula is C18H28N2O4. The predicted octanol–water partition coefficient (Wildman–Crippen LogP) is 3.01. The normalized spacial score (nSPS) is 14.4. The van der Waals surface area contributed by atoms with Gasteiger partial charge in [0.25, 0.3) is 0 Å². The van der Waals surface area contributed by atoms with Crippen molar-refractivity contribution in [3.63, 3.8) is 0 Å². The summed E-state index contributed by atoms with van der Waals surface area (Å²) in [4.78, 5) is 13.6. The summed E-state index contributed by atoms with van der Waals surface area (Å²) in [6.45, 7) is 10.2. The number of hydrogen-bond donors (Lipinski definition) is 1. The number of carbonyl (C=O) groups excluding carboxylic acids is 1. The second-order valence-corrected chi connectivity index (χ2v) is 7.28. The van der Waals surface area contributed by atoms with E-state index in [1.807, 2.05) is 39.0 Å². The van der Waals surface area contributed by atoms with Crippen LogP contribution in [0.2, 0.25) is 0 Å². The molecule has 1 aromatic carbocycles. The lowest BCUT2D eigenvalue weighted by molar-refractivity contribution is 0.0277. The largest absolute Gasteiger partial charge is 0.454 e. The van der Waals surface area contributed by atoms with E-state index in [4.69, 9.17) is 14.2 Å². The molecule has 24 heavy (non-hydrogen) atoms. The van der Waals surface area contributed by atoms with E-state index in [0.717, 1.165) is 30.2 Å². The van der Waals surface area contributed by atoms with E-state index in [1.165, 1.54) is 0 Å². The summed E-state index contributed by atoms with van der Waals surface area (Å²) in [5, 5.41) is 3.41. The summed E-state index contributed by atoms with van der Waals surface area (Å²) in [5.74, 6) is 1.91. The fourth-order valence-corrected chi connectivity index (χ4v) is 2.46. The topological polar surface area (TPSA) is 60.0 Å². The lowest BCUT2D eigenvalue weighted by atomic mass is 10.1. The Morgan fingerprint density at radius 3 is 2.75 bits per heavy atom. The quantitative estimate of drug-likeness (QED) is 0.865. The van der Waals surface area contributed by atoms with Gasteiger partial charge in [-0.15, -0.1) is 0 Å². The van der Waals surface area contributed by atoms with Crippen LogP contribution in [0.3, 0.4) is 0 Å². The lowest BCUT2D eigenvalue weighted by Crippen LogP contribution is -2.38. The van der Waals surface area contributed by atoms with E-state index >= 15 is 0 Å². The molecule has 1 unspecified atom stereocenters. The summed E-state index contributed by atoms with van der Waals surface area (Å²) in [5.41, 5.74) is 0.679. The minimum atomic E-state index is -0.466. The maximum absolute atomic E-state index is 12.0. The van der Waals surface area contributed by atoms with Crippen LogP contribution >= 0.6 is 0 Å². The number of hydrogen-bond acceptors (Lipinski definition) is 5. The second-order valence-electron chi connectivity index (χ2n) is 7.28. The van der Waals surface area contributed by atoms with Crippen LogP contribution in [0.4, 0.5) is 4.79 Å². The minimum absolute atomic E-state index is 0.287. The van der Waals surface area contributed by atoms with E-state index < -0.39 is 5.60 Å². The molecule has 0 saturated heterocycles. The Balaban J connectivity index is 1.71. The molecule has 1 aromatic rings. The molecule has 1 atom stereocenters. The molecule has 1 aliphatic rings. The molecule has 134 valence electrons. The third-order valence-electron chi connectivity index (χ3n) is 3.55. The molecule has 0 fully saturated rings. The van der Waals surface area contributed by atoms with Gasteiger partial charge in [0, 0.05) is 20.1 Å². The van der Waals surface area contributed by atoms with Crippen LogP contribution in [0.5, 0.6) is 11.5 Å². The molecule has 0 bridgehead atoms. The zero-order chi connectivity index (χ0) is 17.7. The molecule has 0 aliphatic carbocycles. The van der Waals surface area contributed by atoms with E-state index in [1.54, 1.807) is 11.9 Å². The number of nitrogens with zero attached hydrogens (tertiary/aromatic N) is 1. The van der Waals surface area contributed by atoms with Gasteiger partial charge in [-0.2, -0.15) is 0 Å². The summed E-state index contributed by atoms with van der Waals surface area (Å²) in [6, 6.07) is 5.95. The SMILES string of the molecule is CC(CNCc1ccc2c(c1)OCO2)CN(C)C(=O)OC(C)(C)C. The van der Waals surface area contributed by atoms with Crippen LogP contribution in [-0.4, -0.2) is 43.5 Å². The van der Waals surface area contributed by atoms with Crippen molar-refractivity contribution < 1.29 is 19.0 Å². The van der Waals surface area contributed by atoms with Gasteiger partial charge in [-0.25, -0.2) is 4.79 Å². The molecule has 1 amide bonds. The fourth-order valence-electron chi connectivity index (χ4n) is 2.46. The summed E-state index contributed by atoms with van der Waals surface area (Å²) >= 11 is 0. The van der Waals surface area contributed by atoms with Crippen molar-refractivity contribution in [2.75, 3.05) is 26.9 Å². The van der Waals surface area contributed by atoms with Gasteiger partial charge in [0.05, 0.1) is 0 Å². The van der Waals surface area contributed by atoms with Crippen molar-refractivity contribution in [2.24, 2.45) is 5.92 Å². The molecule has 1 N–H and O–H groups in total. The highest BCUT2D eigenvalue weighted by Crippen LogP contribution is 2.32. The Kier molecular flexibility index (Phi) is 5.94. The van der Waals surface area contributed by atoms with Crippen molar-refractivity contribution >= 4 is 6.09 Å². The zero-order valence-electron chi connectivity index (χ0n) is 15.2. The first kappa shape index (κ1) is 18.4. The van der Waals surface area contributed by atoms with Crippen LogP contribution in [0.15, 0.2) is 18.2 Å². The molecule has 6 nitrogen and oxygen atoms in total. The predicted molar refractivity (Wildman–Crippen MR) is 92.3 cm³/mol. The smallest absolute Gasteiger partial charge is 0.410 e. The number of ether oxygens (including phenoxy) is 3. The first-order valence-electron chi connectivity index (χ1n) is 8.28. The number of benzene rings is 1. The summed E-state index contributed by atoms with van der Waals surface area (Å²) < 4.78 is 16.0. The Morgan fingerprint density at radius 1 is 1.33 bits per heavy atom. The van der Waals surface area contributed by atoms with Gasteiger partial charge in [0.15, 0.2) is 11.5 Å². The van der Waals surface area contributed by atoms with E-state index in [0.29, 0.717) is 19.3 Å². The van der Waals surface area contributed by atoms with E-state index in [2.05, 4.69) is 12.2 Å². The highest BCUT2D eigenvalue weighted by molar-refractivity contribution is 5.67. The van der Waals surface area contributed by atoms with Crippen LogP contribution in [0.1, 0.15) is 33.3 Å². The highest BCUT2D eigenvalue weighted by Gasteiger charge is 2.20. The maximum atomic E-state index is 12.0. The van der Waals surface area contributed by atoms with Crippen LogP contribution < -0.4 is 14.8 Å². The highest BCUT2D eigenvalue weighted by atomic mass is 16.7. The Morgan fingerprint density at radius 2 is 2.04 bits per heavy atom. The monoisotopic (exact) mass is 336 g/mol. The summed E-state index contributed by atoms with van der Waals surface area (Å²) in [6.07, 6.45) is -0.287. The molecule has 0 saturated carbocycles. The molecule has 2 rings (SSSR count). The lowest BCUT2D eigenvalue weighted by Gasteiger charge is -2.26. The molecular weight excluding hydrogens is 308 g/mol. The van der Waals surface area contributed by atoms with Crippen LogP contribution in [-0.2, 0) is 11.3 Å². The molecule has 0 spiro atoms. The van der Waals surface area contributed by atoms with Crippen LogP contribution in [0.25, 0.3) is 0 Å².